The number of morpholine rings is 4. The van der Waals surface area contributed by atoms with Gasteiger partial charge in [0.05, 0.1) is 121 Å². The molecule has 10 aliphatic rings. The van der Waals surface area contributed by atoms with Crippen LogP contribution in [0.2, 0.25) is 10.0 Å². The first-order valence-electron chi connectivity index (χ1n) is 42.7. The molecule has 4 atom stereocenters. The molecular weight excluding hydrogens is 1840 g/mol. The summed E-state index contributed by atoms with van der Waals surface area (Å²) >= 11 is 12.5. The number of nitrogens with one attached hydrogen (secondary N) is 4. The molecular formula is C84H96Cl2F2N24O16S4. The molecule has 700 valence electrons. The lowest BCUT2D eigenvalue weighted by molar-refractivity contribution is 0.0690. The predicted octanol–water partition coefficient (Wildman–Crippen LogP) is 8.03. The molecule has 132 heavy (non-hydrogen) atoms. The number of halogens is 4. The number of anilines is 8. The van der Waals surface area contributed by atoms with Crippen molar-refractivity contribution in [3.63, 3.8) is 0 Å². The van der Waals surface area contributed by atoms with Gasteiger partial charge in [0, 0.05) is 102 Å². The van der Waals surface area contributed by atoms with Crippen LogP contribution in [0, 0.1) is 11.6 Å². The van der Waals surface area contributed by atoms with Crippen molar-refractivity contribution in [2.24, 2.45) is 0 Å². The SMILES string of the molecule is CNc1nc2cc(Cl)ccc2n1-c1nc2c(c(C3(S(C)(=O)=O)CC3)n1)OC[C@@H]1COCCN21.CNc1nc2cc(F)ccc2n1-c1nc2c(c(C(C)(C)S(C)(=O)=O)n1)OC[C@@H]1COCCN21.CNc1nc2ccc(Cl)cc2n1-c1nc2c(c(C3(S(C)(=O)=O)CC3)n1)OC[C@@H]1COCCN21.CNc1nc2ccc(F)cc2n1-c1nc2c(c(C(C)(C)S(C)(=O)=O)n1)OC[C@@H]1COCCN21. The minimum atomic E-state index is -3.58. The number of sulfone groups is 4. The van der Waals surface area contributed by atoms with Crippen LogP contribution in [-0.2, 0) is 77.3 Å². The molecule has 8 aliphatic heterocycles. The average molecular weight is 1940 g/mol. The maximum atomic E-state index is 14.1. The number of hydrogen-bond donors (Lipinski definition) is 4. The fourth-order valence-electron chi connectivity index (χ4n) is 17.7. The van der Waals surface area contributed by atoms with Gasteiger partial charge in [0.25, 0.3) is 0 Å². The largest absolute Gasteiger partial charge is 0.486 e. The van der Waals surface area contributed by atoms with Gasteiger partial charge in [0.2, 0.25) is 47.6 Å². The predicted molar refractivity (Wildman–Crippen MR) is 492 cm³/mol. The molecule has 4 aromatic carbocycles. The first-order valence-corrected chi connectivity index (χ1v) is 51.0. The quantitative estimate of drug-likeness (QED) is 0.0710. The van der Waals surface area contributed by atoms with Crippen molar-refractivity contribution in [3.05, 3.63) is 117 Å². The summed E-state index contributed by atoms with van der Waals surface area (Å²) in [6.45, 7) is 14.5. The van der Waals surface area contributed by atoms with Gasteiger partial charge in [-0.2, -0.15) is 19.9 Å². The molecule has 6 fully saturated rings. The lowest BCUT2D eigenvalue weighted by Gasteiger charge is -2.41. The van der Waals surface area contributed by atoms with Gasteiger partial charge in [-0.1, -0.05) is 23.2 Å². The van der Waals surface area contributed by atoms with Crippen molar-refractivity contribution in [2.75, 3.05) is 200 Å². The van der Waals surface area contributed by atoms with Gasteiger partial charge >= 0.3 is 0 Å². The van der Waals surface area contributed by atoms with Gasteiger partial charge in [-0.05, 0) is 114 Å². The van der Waals surface area contributed by atoms with Crippen LogP contribution in [-0.4, -0.2) is 295 Å². The summed E-state index contributed by atoms with van der Waals surface area (Å²) in [7, 11) is -7.11. The molecule has 22 rings (SSSR count). The smallest absolute Gasteiger partial charge is 0.239 e. The summed E-state index contributed by atoms with van der Waals surface area (Å²) in [6.07, 6.45) is 6.88. The Morgan fingerprint density at radius 3 is 1.04 bits per heavy atom. The second kappa shape index (κ2) is 33.4. The number of fused-ring (bicyclic) bond motifs is 16. The Balaban J connectivity index is 0.000000114. The van der Waals surface area contributed by atoms with Gasteiger partial charge in [0.15, 0.2) is 85.6 Å². The highest BCUT2D eigenvalue weighted by Gasteiger charge is 2.60. The van der Waals surface area contributed by atoms with E-state index in [1.54, 1.807) is 111 Å². The van der Waals surface area contributed by atoms with E-state index in [0.717, 1.165) is 16.6 Å². The zero-order valence-corrected chi connectivity index (χ0v) is 78.8. The third-order valence-corrected chi connectivity index (χ3v) is 34.5. The minimum absolute atomic E-state index is 0.00739. The van der Waals surface area contributed by atoms with E-state index in [1.807, 2.05) is 12.1 Å². The van der Waals surface area contributed by atoms with Crippen molar-refractivity contribution in [3.8, 4) is 46.8 Å². The number of benzene rings is 4. The molecule has 0 spiro atoms. The maximum Gasteiger partial charge on any atom is 0.239 e. The second-order valence-corrected chi connectivity index (χ2v) is 45.4. The van der Waals surface area contributed by atoms with Crippen molar-refractivity contribution in [2.45, 2.75) is 96.5 Å². The zero-order valence-electron chi connectivity index (χ0n) is 74.0. The summed E-state index contributed by atoms with van der Waals surface area (Å²) in [5, 5.41) is 13.3. The lowest BCUT2D eigenvalue weighted by Crippen LogP contribution is -2.52. The zero-order chi connectivity index (χ0) is 93.0. The highest BCUT2D eigenvalue weighted by Crippen LogP contribution is 2.59. The molecule has 16 heterocycles. The van der Waals surface area contributed by atoms with Crippen molar-refractivity contribution in [1.82, 2.24) is 78.1 Å². The highest BCUT2D eigenvalue weighted by atomic mass is 35.5. The second-order valence-electron chi connectivity index (χ2n) is 34.7. The average Bonchev–Trinajstić information content (AvgIpc) is 1.53. The number of rotatable bonds is 16. The Morgan fingerprint density at radius 2 is 0.667 bits per heavy atom. The summed E-state index contributed by atoms with van der Waals surface area (Å²) in [4.78, 5) is 65.0. The van der Waals surface area contributed by atoms with E-state index < -0.39 is 70.0 Å². The lowest BCUT2D eigenvalue weighted by atomic mass is 10.1. The topological polar surface area (TPSA) is 446 Å². The Morgan fingerprint density at radius 1 is 0.364 bits per heavy atom. The normalized spacial score (nSPS) is 19.9. The summed E-state index contributed by atoms with van der Waals surface area (Å²) in [6, 6.07) is 19.2. The highest BCUT2D eigenvalue weighted by molar-refractivity contribution is 7.92. The van der Waals surface area contributed by atoms with E-state index in [1.165, 1.54) is 49.3 Å². The van der Waals surface area contributed by atoms with Gasteiger partial charge in [0.1, 0.15) is 79.8 Å². The standard InChI is InChI=1S/2C21H23ClN6O4S.2C21H25FN6O4S/c1-23-19-24-14-9-12(22)3-4-15(14)28(19)20-25-17(21(5-6-21)33(2,29)30)16-18(26-20)27-7-8-31-10-13(27)11-32-16;1-23-19-24-14-4-3-12(22)9-15(14)28(19)20-25-17(21(5-6-21)33(2,29)30)16-18(26-20)27-7-8-31-10-13(27)11-32-16;1-21(2,33(4,29)30)17-16-18(27-7-8-31-10-13(27)11-32-16)26-20(25-17)28-15-6-5-12(22)9-14(15)24-19(28)23-3;1-21(2,33(4,29)30)17-16-18(27-7-8-31-10-13(27)11-32-16)26-20(25-17)28-15-9-12(22)5-6-14(15)24-19(28)23-3/h2*3-4,9,13H,5-8,10-11H2,1-2H3,(H,23,24);2*5-6,9,13H,7-8,10-11H2,1-4H3,(H,23,24)/t4*13-/m0000/s1. The van der Waals surface area contributed by atoms with Gasteiger partial charge in [-0.25, -0.2) is 101 Å². The van der Waals surface area contributed by atoms with Gasteiger partial charge < -0.3 is 78.8 Å². The molecule has 48 heteroatoms. The fraction of sp³-hybridized carbons (Fsp3) is 0.476. The number of hydrogen-bond acceptors (Lipinski definition) is 36. The Kier molecular flexibility index (Phi) is 22.8. The van der Waals surface area contributed by atoms with Crippen LogP contribution >= 0.6 is 23.2 Å². The molecule has 2 saturated carbocycles. The summed E-state index contributed by atoms with van der Waals surface area (Å²) in [5.74, 6) is 5.85. The molecule has 0 radical (unpaired) electrons. The fourth-order valence-corrected chi connectivity index (χ4v) is 21.7. The van der Waals surface area contributed by atoms with Crippen LogP contribution in [0.15, 0.2) is 72.8 Å². The van der Waals surface area contributed by atoms with Crippen LogP contribution in [0.5, 0.6) is 23.0 Å². The number of ether oxygens (including phenoxy) is 8. The Hall–Kier alpha value is -11.2. The minimum Gasteiger partial charge on any atom is -0.486 e. The van der Waals surface area contributed by atoms with Crippen molar-refractivity contribution in [1.29, 1.82) is 0 Å². The molecule has 8 aromatic heterocycles. The van der Waals surface area contributed by atoms with Crippen LogP contribution in [0.1, 0.15) is 76.2 Å². The van der Waals surface area contributed by atoms with Crippen LogP contribution in [0.4, 0.5) is 55.8 Å². The summed E-state index contributed by atoms with van der Waals surface area (Å²) in [5.41, 5.74) is 6.24. The van der Waals surface area contributed by atoms with E-state index >= 15 is 0 Å². The molecule has 0 bridgehead atoms. The van der Waals surface area contributed by atoms with E-state index in [4.69, 9.17) is 96.0 Å². The number of aromatic nitrogens is 16. The molecule has 40 nitrogen and oxygen atoms in total. The van der Waals surface area contributed by atoms with Gasteiger partial charge in [-0.15, -0.1) is 0 Å². The molecule has 2 aliphatic carbocycles. The van der Waals surface area contributed by atoms with Crippen LogP contribution < -0.4 is 59.8 Å². The first-order chi connectivity index (χ1) is 62.9. The molecule has 4 saturated heterocycles. The molecule has 0 unspecified atom stereocenters. The number of imidazole rings is 4. The molecule has 4 N–H and O–H groups in total. The Labute approximate surface area is 767 Å². The third-order valence-electron chi connectivity index (χ3n) is 25.9. The maximum absolute atomic E-state index is 14.1. The first kappa shape index (κ1) is 90.0. The van der Waals surface area contributed by atoms with E-state index in [-0.39, 0.29) is 47.5 Å². The summed E-state index contributed by atoms with van der Waals surface area (Å²) < 4.78 is 179. The molecule has 12 aromatic rings. The number of nitrogens with zero attached hydrogens (tertiary/aromatic N) is 20. The van der Waals surface area contributed by atoms with E-state index in [2.05, 4.69) is 65.8 Å². The Bertz CT molecular complexity index is 6770. The van der Waals surface area contributed by atoms with E-state index in [9.17, 15) is 42.5 Å². The van der Waals surface area contributed by atoms with Crippen molar-refractivity contribution < 1.29 is 80.3 Å². The third kappa shape index (κ3) is 15.4. The van der Waals surface area contributed by atoms with Crippen LogP contribution in [0.25, 0.3) is 67.9 Å². The van der Waals surface area contributed by atoms with Crippen LogP contribution in [0.3, 0.4) is 0 Å². The molecule has 0 amide bonds. The monoisotopic (exact) mass is 1930 g/mol. The van der Waals surface area contributed by atoms with Crippen molar-refractivity contribution >= 4 is 154 Å². The van der Waals surface area contributed by atoms with Gasteiger partial charge in [-0.3, -0.25) is 0 Å². The van der Waals surface area contributed by atoms with E-state index in [0.29, 0.717) is 262 Å².